The number of aryl methyl sites for hydroxylation is 1. The zero-order valence-corrected chi connectivity index (χ0v) is 17.3. The number of rotatable bonds is 6. The minimum atomic E-state index is -0.424. The standard InChI is InChI=1S/C22H18ClN5O3/c1-14-2-9-18(10-3-14)30-20-11-8-17(12-24-20)26-22(29)25-13-19-27-21(31-28-19)15-4-6-16(23)7-5-15/h2-12H,13H2,1H3,(H2,25,26,29). The number of nitrogens with zero attached hydrogens (tertiary/aromatic N) is 3. The van der Waals surface area contributed by atoms with Crippen molar-refractivity contribution in [2.75, 3.05) is 5.32 Å². The second-order valence-electron chi connectivity index (χ2n) is 6.63. The van der Waals surface area contributed by atoms with Crippen molar-refractivity contribution in [3.8, 4) is 23.1 Å². The van der Waals surface area contributed by atoms with Crippen LogP contribution in [-0.4, -0.2) is 21.2 Å². The average Bonchev–Trinajstić information content (AvgIpc) is 3.25. The number of pyridine rings is 1. The summed E-state index contributed by atoms with van der Waals surface area (Å²) in [5, 5.41) is 9.83. The smallest absolute Gasteiger partial charge is 0.319 e. The van der Waals surface area contributed by atoms with Crippen molar-refractivity contribution in [2.45, 2.75) is 13.5 Å². The van der Waals surface area contributed by atoms with Crippen LogP contribution < -0.4 is 15.4 Å². The van der Waals surface area contributed by atoms with E-state index < -0.39 is 6.03 Å². The summed E-state index contributed by atoms with van der Waals surface area (Å²) in [6, 6.07) is 17.6. The molecule has 9 heteroatoms. The molecule has 156 valence electrons. The largest absolute Gasteiger partial charge is 0.439 e. The first-order chi connectivity index (χ1) is 15.0. The summed E-state index contributed by atoms with van der Waals surface area (Å²) in [6.07, 6.45) is 1.51. The third-order valence-electron chi connectivity index (χ3n) is 4.20. The Hall–Kier alpha value is -3.91. The molecule has 0 saturated heterocycles. The number of benzene rings is 2. The fourth-order valence-corrected chi connectivity index (χ4v) is 2.74. The number of amides is 2. The molecule has 0 saturated carbocycles. The molecule has 0 unspecified atom stereocenters. The van der Waals surface area contributed by atoms with Crippen LogP contribution in [-0.2, 0) is 6.54 Å². The molecule has 0 fully saturated rings. The van der Waals surface area contributed by atoms with Crippen molar-refractivity contribution in [1.82, 2.24) is 20.4 Å². The van der Waals surface area contributed by atoms with Gasteiger partial charge in [0.15, 0.2) is 5.82 Å². The van der Waals surface area contributed by atoms with Gasteiger partial charge in [-0.2, -0.15) is 4.98 Å². The highest BCUT2D eigenvalue weighted by Crippen LogP contribution is 2.21. The Morgan fingerprint density at radius 1 is 1.06 bits per heavy atom. The van der Waals surface area contributed by atoms with Crippen LogP contribution in [0.3, 0.4) is 0 Å². The van der Waals surface area contributed by atoms with Crippen LogP contribution in [0.2, 0.25) is 5.02 Å². The second-order valence-corrected chi connectivity index (χ2v) is 7.07. The van der Waals surface area contributed by atoms with Crippen LogP contribution in [0.15, 0.2) is 71.4 Å². The number of halogens is 1. The lowest BCUT2D eigenvalue weighted by atomic mass is 10.2. The van der Waals surface area contributed by atoms with Crippen LogP contribution in [0, 0.1) is 6.92 Å². The highest BCUT2D eigenvalue weighted by Gasteiger charge is 2.10. The highest BCUT2D eigenvalue weighted by atomic mass is 35.5. The Morgan fingerprint density at radius 2 is 1.84 bits per heavy atom. The summed E-state index contributed by atoms with van der Waals surface area (Å²) in [4.78, 5) is 20.6. The lowest BCUT2D eigenvalue weighted by molar-refractivity contribution is 0.251. The minimum absolute atomic E-state index is 0.102. The summed E-state index contributed by atoms with van der Waals surface area (Å²) in [6.45, 7) is 2.11. The molecule has 0 bridgehead atoms. The number of urea groups is 1. The molecule has 2 N–H and O–H groups in total. The molecule has 2 aromatic heterocycles. The summed E-state index contributed by atoms with van der Waals surface area (Å²) in [5.41, 5.74) is 2.41. The molecule has 31 heavy (non-hydrogen) atoms. The van der Waals surface area contributed by atoms with Gasteiger partial charge in [-0.25, -0.2) is 9.78 Å². The van der Waals surface area contributed by atoms with Crippen molar-refractivity contribution < 1.29 is 14.1 Å². The van der Waals surface area contributed by atoms with Gasteiger partial charge < -0.3 is 19.9 Å². The summed E-state index contributed by atoms with van der Waals surface area (Å²) < 4.78 is 10.9. The molecule has 4 rings (SSSR count). The van der Waals surface area contributed by atoms with Crippen molar-refractivity contribution in [2.24, 2.45) is 0 Å². The molecule has 4 aromatic rings. The molecule has 2 heterocycles. The zero-order valence-electron chi connectivity index (χ0n) is 16.5. The van der Waals surface area contributed by atoms with Gasteiger partial charge in [0.25, 0.3) is 5.89 Å². The Balaban J connectivity index is 1.28. The second kappa shape index (κ2) is 9.27. The Kier molecular flexibility index (Phi) is 6.09. The van der Waals surface area contributed by atoms with E-state index >= 15 is 0 Å². The molecule has 0 aliphatic rings. The third-order valence-corrected chi connectivity index (χ3v) is 4.46. The van der Waals surface area contributed by atoms with Gasteiger partial charge in [0, 0.05) is 16.7 Å². The first-order valence-electron chi connectivity index (χ1n) is 9.39. The minimum Gasteiger partial charge on any atom is -0.439 e. The number of hydrogen-bond donors (Lipinski definition) is 2. The fourth-order valence-electron chi connectivity index (χ4n) is 2.61. The molecule has 8 nitrogen and oxygen atoms in total. The summed E-state index contributed by atoms with van der Waals surface area (Å²) in [7, 11) is 0. The molecular formula is C22H18ClN5O3. The van der Waals surface area contributed by atoms with E-state index in [0.717, 1.165) is 11.1 Å². The van der Waals surface area contributed by atoms with Gasteiger partial charge in [-0.1, -0.05) is 34.5 Å². The van der Waals surface area contributed by atoms with E-state index in [-0.39, 0.29) is 6.54 Å². The number of nitrogens with one attached hydrogen (secondary N) is 2. The Morgan fingerprint density at radius 3 is 2.55 bits per heavy atom. The SMILES string of the molecule is Cc1ccc(Oc2ccc(NC(=O)NCc3noc(-c4ccc(Cl)cc4)n3)cn2)cc1. The van der Waals surface area contributed by atoms with E-state index in [0.29, 0.717) is 34.1 Å². The number of aromatic nitrogens is 3. The topological polar surface area (TPSA) is 102 Å². The Bertz CT molecular complexity index is 1160. The maximum Gasteiger partial charge on any atom is 0.319 e. The van der Waals surface area contributed by atoms with E-state index in [1.807, 2.05) is 31.2 Å². The molecule has 0 radical (unpaired) electrons. The van der Waals surface area contributed by atoms with Gasteiger partial charge in [0.1, 0.15) is 5.75 Å². The van der Waals surface area contributed by atoms with E-state index in [4.69, 9.17) is 20.9 Å². The first kappa shape index (κ1) is 20.4. The quantitative estimate of drug-likeness (QED) is 0.431. The van der Waals surface area contributed by atoms with Crippen molar-refractivity contribution in [1.29, 1.82) is 0 Å². The number of carbonyl (C=O) groups excluding carboxylic acids is 1. The van der Waals surface area contributed by atoms with Gasteiger partial charge in [-0.15, -0.1) is 0 Å². The maximum atomic E-state index is 12.1. The van der Waals surface area contributed by atoms with Gasteiger partial charge in [0.2, 0.25) is 5.88 Å². The zero-order chi connectivity index (χ0) is 21.6. The third kappa shape index (κ3) is 5.58. The molecular weight excluding hydrogens is 418 g/mol. The van der Waals surface area contributed by atoms with Gasteiger partial charge in [-0.05, 0) is 49.4 Å². The summed E-state index contributed by atoms with van der Waals surface area (Å²) in [5.74, 6) is 1.81. The van der Waals surface area contributed by atoms with Crippen LogP contribution in [0.25, 0.3) is 11.5 Å². The predicted octanol–water partition coefficient (Wildman–Crippen LogP) is 5.21. The lowest BCUT2D eigenvalue weighted by Crippen LogP contribution is -2.28. The number of hydrogen-bond acceptors (Lipinski definition) is 6. The monoisotopic (exact) mass is 435 g/mol. The first-order valence-corrected chi connectivity index (χ1v) is 9.77. The van der Waals surface area contributed by atoms with E-state index in [9.17, 15) is 4.79 Å². The number of anilines is 1. The van der Waals surface area contributed by atoms with E-state index in [2.05, 4.69) is 25.8 Å². The van der Waals surface area contributed by atoms with E-state index in [1.54, 1.807) is 36.4 Å². The van der Waals surface area contributed by atoms with Gasteiger partial charge in [-0.3, -0.25) is 0 Å². The van der Waals surface area contributed by atoms with Crippen LogP contribution >= 0.6 is 11.6 Å². The lowest BCUT2D eigenvalue weighted by Gasteiger charge is -2.08. The highest BCUT2D eigenvalue weighted by molar-refractivity contribution is 6.30. The van der Waals surface area contributed by atoms with Crippen molar-refractivity contribution in [3.05, 3.63) is 83.3 Å². The summed E-state index contributed by atoms with van der Waals surface area (Å²) >= 11 is 5.87. The number of carbonyl (C=O) groups is 1. The van der Waals surface area contributed by atoms with Crippen molar-refractivity contribution >= 4 is 23.3 Å². The van der Waals surface area contributed by atoms with Gasteiger partial charge >= 0.3 is 6.03 Å². The van der Waals surface area contributed by atoms with Crippen LogP contribution in [0.1, 0.15) is 11.4 Å². The normalized spacial score (nSPS) is 10.5. The van der Waals surface area contributed by atoms with Crippen LogP contribution in [0.4, 0.5) is 10.5 Å². The molecule has 0 aliphatic heterocycles. The molecule has 0 aliphatic carbocycles. The molecule has 2 aromatic carbocycles. The molecule has 0 atom stereocenters. The molecule has 0 spiro atoms. The van der Waals surface area contributed by atoms with E-state index in [1.165, 1.54) is 6.20 Å². The number of ether oxygens (including phenoxy) is 1. The molecule has 2 amide bonds. The van der Waals surface area contributed by atoms with Gasteiger partial charge in [0.05, 0.1) is 18.4 Å². The predicted molar refractivity (Wildman–Crippen MR) is 116 cm³/mol. The average molecular weight is 436 g/mol. The van der Waals surface area contributed by atoms with Crippen LogP contribution in [0.5, 0.6) is 11.6 Å². The van der Waals surface area contributed by atoms with Crippen molar-refractivity contribution in [3.63, 3.8) is 0 Å². The fraction of sp³-hybridized carbons (Fsp3) is 0.0909. The maximum absolute atomic E-state index is 12.1. The Labute approximate surface area is 183 Å².